The van der Waals surface area contributed by atoms with Crippen molar-refractivity contribution >= 4 is 10.0 Å². The lowest BCUT2D eigenvalue weighted by Crippen LogP contribution is -2.25. The van der Waals surface area contributed by atoms with Crippen LogP contribution in [0.4, 0.5) is 0 Å². The fourth-order valence-electron chi connectivity index (χ4n) is 3.80. The maximum absolute atomic E-state index is 11.7. The van der Waals surface area contributed by atoms with Gasteiger partial charge in [-0.1, -0.05) is 23.4 Å². The summed E-state index contributed by atoms with van der Waals surface area (Å²) in [6, 6.07) is 12.7. The smallest absolute Gasteiger partial charge is 0.258 e. The Balaban J connectivity index is 1.66. The number of fused-ring (bicyclic) bond motifs is 1. The molecule has 160 valence electrons. The third-order valence-corrected chi connectivity index (χ3v) is 5.72. The van der Waals surface area contributed by atoms with Crippen molar-refractivity contribution < 1.29 is 17.7 Å². The zero-order valence-electron chi connectivity index (χ0n) is 17.4. The monoisotopic (exact) mass is 438 g/mol. The van der Waals surface area contributed by atoms with Gasteiger partial charge in [0.15, 0.2) is 0 Å². The standard InChI is InChI=1S/C22H22N4O4S/c1-13(2)29-20-10-7-14(11-15(20)12-23)22-24-21(25-30-22)18-6-4-5-17-16(18)8-9-19(17)26-31(3,27)28/h4-7,10-11,13,19,26H,8-9H2,1-3H3/t19-/m1/s1. The van der Waals surface area contributed by atoms with Gasteiger partial charge < -0.3 is 9.26 Å². The molecule has 0 amide bonds. The molecule has 31 heavy (non-hydrogen) atoms. The molecule has 1 aromatic heterocycles. The Morgan fingerprint density at radius 2 is 2.10 bits per heavy atom. The molecular weight excluding hydrogens is 416 g/mol. The molecule has 1 N–H and O–H groups in total. The van der Waals surface area contributed by atoms with Crippen LogP contribution in [0.2, 0.25) is 0 Å². The van der Waals surface area contributed by atoms with Crippen molar-refractivity contribution in [1.82, 2.24) is 14.9 Å². The fourth-order valence-corrected chi connectivity index (χ4v) is 4.56. The molecule has 8 nitrogen and oxygen atoms in total. The molecule has 0 bridgehead atoms. The minimum atomic E-state index is -3.31. The minimum Gasteiger partial charge on any atom is -0.490 e. The first-order valence-corrected chi connectivity index (χ1v) is 11.8. The molecule has 1 heterocycles. The number of aromatic nitrogens is 2. The number of sulfonamides is 1. The molecule has 0 saturated carbocycles. The molecule has 2 aromatic carbocycles. The SMILES string of the molecule is CC(C)Oc1ccc(-c2nc(-c3cccc4c3CC[C@H]4NS(C)(=O)=O)no2)cc1C#N. The minimum absolute atomic E-state index is 0.0471. The predicted octanol–water partition coefficient (Wildman–Crippen LogP) is 3.60. The van der Waals surface area contributed by atoms with Gasteiger partial charge in [0.25, 0.3) is 5.89 Å². The second-order valence-corrected chi connectivity index (χ2v) is 9.55. The third-order valence-electron chi connectivity index (χ3n) is 5.00. The van der Waals surface area contributed by atoms with Gasteiger partial charge in [-0.05, 0) is 56.0 Å². The first-order chi connectivity index (χ1) is 14.7. The number of hydrogen-bond donors (Lipinski definition) is 1. The van der Waals surface area contributed by atoms with Gasteiger partial charge in [0.1, 0.15) is 11.8 Å². The summed E-state index contributed by atoms with van der Waals surface area (Å²) in [4.78, 5) is 4.53. The topological polar surface area (TPSA) is 118 Å². The summed E-state index contributed by atoms with van der Waals surface area (Å²) >= 11 is 0. The summed E-state index contributed by atoms with van der Waals surface area (Å²) in [6.45, 7) is 3.79. The van der Waals surface area contributed by atoms with Gasteiger partial charge in [0.05, 0.1) is 17.9 Å². The number of nitrogens with one attached hydrogen (secondary N) is 1. The molecule has 9 heteroatoms. The van der Waals surface area contributed by atoms with Crippen LogP contribution in [-0.4, -0.2) is 30.9 Å². The van der Waals surface area contributed by atoms with Crippen molar-refractivity contribution in [3.8, 4) is 34.7 Å². The van der Waals surface area contributed by atoms with Crippen LogP contribution in [0.25, 0.3) is 22.8 Å². The lowest BCUT2D eigenvalue weighted by Gasteiger charge is -2.12. The molecule has 0 saturated heterocycles. The molecular formula is C22H22N4O4S. The van der Waals surface area contributed by atoms with E-state index in [4.69, 9.17) is 9.26 Å². The number of nitriles is 1. The van der Waals surface area contributed by atoms with Gasteiger partial charge in [-0.2, -0.15) is 10.2 Å². The van der Waals surface area contributed by atoms with Crippen LogP contribution in [0, 0.1) is 11.3 Å². The van der Waals surface area contributed by atoms with Crippen LogP contribution in [0.15, 0.2) is 40.9 Å². The van der Waals surface area contributed by atoms with Crippen LogP contribution in [-0.2, 0) is 16.4 Å². The summed E-state index contributed by atoms with van der Waals surface area (Å²) in [5, 5.41) is 13.6. The van der Waals surface area contributed by atoms with Crippen LogP contribution >= 0.6 is 0 Å². The van der Waals surface area contributed by atoms with E-state index in [9.17, 15) is 13.7 Å². The highest BCUT2D eigenvalue weighted by Gasteiger charge is 2.28. The molecule has 1 aliphatic carbocycles. The van der Waals surface area contributed by atoms with Crippen molar-refractivity contribution in [2.75, 3.05) is 6.26 Å². The lowest BCUT2D eigenvalue weighted by molar-refractivity contribution is 0.241. The maximum atomic E-state index is 11.7. The van der Waals surface area contributed by atoms with E-state index in [1.165, 1.54) is 0 Å². The van der Waals surface area contributed by atoms with E-state index in [0.29, 0.717) is 41.4 Å². The van der Waals surface area contributed by atoms with Gasteiger partial charge in [-0.25, -0.2) is 13.1 Å². The third kappa shape index (κ3) is 4.45. The molecule has 4 rings (SSSR count). The maximum Gasteiger partial charge on any atom is 0.258 e. The molecule has 0 radical (unpaired) electrons. The summed E-state index contributed by atoms with van der Waals surface area (Å²) < 4.78 is 37.1. The van der Waals surface area contributed by atoms with Crippen molar-refractivity contribution in [1.29, 1.82) is 5.26 Å². The largest absolute Gasteiger partial charge is 0.490 e. The Kier molecular flexibility index (Phi) is 5.52. The molecule has 1 aliphatic rings. The van der Waals surface area contributed by atoms with E-state index in [1.54, 1.807) is 18.2 Å². The number of hydrogen-bond acceptors (Lipinski definition) is 7. The average molecular weight is 439 g/mol. The summed E-state index contributed by atoms with van der Waals surface area (Å²) in [5.41, 5.74) is 3.76. The zero-order valence-corrected chi connectivity index (χ0v) is 18.2. The highest BCUT2D eigenvalue weighted by molar-refractivity contribution is 7.88. The summed E-state index contributed by atoms with van der Waals surface area (Å²) in [6.07, 6.45) is 2.50. The highest BCUT2D eigenvalue weighted by Crippen LogP contribution is 2.37. The molecule has 0 aliphatic heterocycles. The van der Waals surface area contributed by atoms with Crippen LogP contribution in [0.5, 0.6) is 5.75 Å². The quantitative estimate of drug-likeness (QED) is 0.625. The number of rotatable bonds is 6. The molecule has 3 aromatic rings. The zero-order chi connectivity index (χ0) is 22.2. The summed E-state index contributed by atoms with van der Waals surface area (Å²) in [5.74, 6) is 1.23. The molecule has 0 spiro atoms. The first kappa shape index (κ1) is 21.0. The number of nitrogens with zero attached hydrogens (tertiary/aromatic N) is 3. The van der Waals surface area contributed by atoms with Crippen molar-refractivity contribution in [2.45, 2.75) is 38.8 Å². The Labute approximate surface area is 180 Å². The lowest BCUT2D eigenvalue weighted by atomic mass is 10.0. The second-order valence-electron chi connectivity index (χ2n) is 7.77. The van der Waals surface area contributed by atoms with E-state index in [-0.39, 0.29) is 12.1 Å². The number of benzene rings is 2. The Bertz CT molecular complexity index is 1270. The molecule has 0 fully saturated rings. The van der Waals surface area contributed by atoms with Crippen molar-refractivity contribution in [3.63, 3.8) is 0 Å². The van der Waals surface area contributed by atoms with Crippen LogP contribution in [0.3, 0.4) is 0 Å². The second kappa shape index (κ2) is 8.13. The predicted molar refractivity (Wildman–Crippen MR) is 115 cm³/mol. The van der Waals surface area contributed by atoms with Gasteiger partial charge in [0, 0.05) is 17.2 Å². The number of ether oxygens (including phenoxy) is 1. The van der Waals surface area contributed by atoms with Gasteiger partial charge in [0.2, 0.25) is 15.8 Å². The van der Waals surface area contributed by atoms with Gasteiger partial charge in [-0.3, -0.25) is 0 Å². The van der Waals surface area contributed by atoms with Crippen LogP contribution in [0.1, 0.15) is 43.0 Å². The van der Waals surface area contributed by atoms with E-state index in [0.717, 1.165) is 22.9 Å². The van der Waals surface area contributed by atoms with Crippen molar-refractivity contribution in [3.05, 3.63) is 53.1 Å². The Morgan fingerprint density at radius 3 is 2.81 bits per heavy atom. The van der Waals surface area contributed by atoms with Gasteiger partial charge >= 0.3 is 0 Å². The molecule has 0 unspecified atom stereocenters. The summed E-state index contributed by atoms with van der Waals surface area (Å²) in [7, 11) is -3.31. The average Bonchev–Trinajstić information content (AvgIpc) is 3.34. The van der Waals surface area contributed by atoms with E-state index >= 15 is 0 Å². The van der Waals surface area contributed by atoms with Gasteiger partial charge in [-0.15, -0.1) is 0 Å². The fraction of sp³-hybridized carbons (Fsp3) is 0.318. The molecule has 1 atom stereocenters. The normalized spacial score (nSPS) is 15.6. The Hall–Kier alpha value is -3.22. The Morgan fingerprint density at radius 1 is 1.29 bits per heavy atom. The van der Waals surface area contributed by atoms with Crippen molar-refractivity contribution in [2.24, 2.45) is 0 Å². The van der Waals surface area contributed by atoms with Crippen LogP contribution < -0.4 is 9.46 Å². The van der Waals surface area contributed by atoms with E-state index in [1.807, 2.05) is 32.0 Å². The van der Waals surface area contributed by atoms with E-state index in [2.05, 4.69) is 20.9 Å². The highest BCUT2D eigenvalue weighted by atomic mass is 32.2. The first-order valence-electron chi connectivity index (χ1n) is 9.89. The van der Waals surface area contributed by atoms with E-state index < -0.39 is 10.0 Å².